The molecular weight excluding hydrogens is 538 g/mol. The SMILES string of the molecule is CC(CC1CCCC1)Nc1ncc(C#N)cc1CN(Cc1cc(C(F)(F)F)cc(C(F)(F)F)c1)c1nnn(C)n1. The molecule has 40 heavy (non-hydrogen) atoms. The highest BCUT2D eigenvalue weighted by atomic mass is 19.4. The average molecular weight is 567 g/mol. The lowest BCUT2D eigenvalue weighted by Crippen LogP contribution is -2.26. The maximum Gasteiger partial charge on any atom is 0.416 e. The third-order valence-electron chi connectivity index (χ3n) is 6.80. The number of pyridine rings is 1. The van der Waals surface area contributed by atoms with Crippen LogP contribution >= 0.6 is 0 Å². The van der Waals surface area contributed by atoms with E-state index in [0.717, 1.165) is 24.1 Å². The lowest BCUT2D eigenvalue weighted by Gasteiger charge is -2.25. The molecule has 1 aromatic carbocycles. The second-order valence-electron chi connectivity index (χ2n) is 10.1. The molecule has 14 heteroatoms. The summed E-state index contributed by atoms with van der Waals surface area (Å²) in [5.41, 5.74) is -2.33. The predicted octanol–water partition coefficient (Wildman–Crippen LogP) is 6.10. The number of aromatic nitrogens is 5. The van der Waals surface area contributed by atoms with E-state index in [0.29, 0.717) is 29.4 Å². The molecule has 4 rings (SSSR count). The van der Waals surface area contributed by atoms with E-state index in [-0.39, 0.29) is 35.7 Å². The lowest BCUT2D eigenvalue weighted by atomic mass is 9.99. The third kappa shape index (κ3) is 7.40. The van der Waals surface area contributed by atoms with E-state index >= 15 is 0 Å². The zero-order valence-electron chi connectivity index (χ0n) is 21.9. The first-order valence-corrected chi connectivity index (χ1v) is 12.7. The Labute approximate surface area is 227 Å². The molecule has 2 heterocycles. The molecule has 214 valence electrons. The van der Waals surface area contributed by atoms with Gasteiger partial charge in [0.15, 0.2) is 0 Å². The van der Waals surface area contributed by atoms with E-state index in [4.69, 9.17) is 0 Å². The van der Waals surface area contributed by atoms with Crippen LogP contribution in [0.4, 0.5) is 38.1 Å². The quantitative estimate of drug-likeness (QED) is 0.313. The van der Waals surface area contributed by atoms with E-state index in [9.17, 15) is 31.6 Å². The number of alkyl halides is 6. The zero-order chi connectivity index (χ0) is 29.1. The molecule has 1 aliphatic rings. The van der Waals surface area contributed by atoms with Crippen LogP contribution in [0.15, 0.2) is 30.5 Å². The highest BCUT2D eigenvalue weighted by Crippen LogP contribution is 2.37. The smallest absolute Gasteiger partial charge is 0.367 e. The van der Waals surface area contributed by atoms with Crippen LogP contribution in [0.25, 0.3) is 0 Å². The summed E-state index contributed by atoms with van der Waals surface area (Å²) in [4.78, 5) is 6.92. The minimum absolute atomic E-state index is 0.0132. The third-order valence-corrected chi connectivity index (χ3v) is 6.80. The molecule has 0 aliphatic heterocycles. The number of aryl methyl sites for hydroxylation is 1. The Morgan fingerprint density at radius 2 is 1.70 bits per heavy atom. The molecule has 0 saturated heterocycles. The number of nitriles is 1. The minimum atomic E-state index is -4.98. The van der Waals surface area contributed by atoms with Crippen molar-refractivity contribution in [2.75, 3.05) is 10.2 Å². The molecule has 1 fully saturated rings. The average Bonchev–Trinajstić information content (AvgIpc) is 3.55. The summed E-state index contributed by atoms with van der Waals surface area (Å²) in [6, 6.07) is 5.07. The van der Waals surface area contributed by atoms with E-state index < -0.39 is 30.0 Å². The number of halogens is 6. The fourth-order valence-electron chi connectivity index (χ4n) is 4.99. The van der Waals surface area contributed by atoms with Crippen molar-refractivity contribution in [1.29, 1.82) is 5.26 Å². The topological polar surface area (TPSA) is 95.5 Å². The van der Waals surface area contributed by atoms with Crippen molar-refractivity contribution >= 4 is 11.8 Å². The van der Waals surface area contributed by atoms with E-state index in [2.05, 4.69) is 25.7 Å². The van der Waals surface area contributed by atoms with Gasteiger partial charge < -0.3 is 10.2 Å². The van der Waals surface area contributed by atoms with Gasteiger partial charge in [-0.15, -0.1) is 5.10 Å². The van der Waals surface area contributed by atoms with Crippen LogP contribution < -0.4 is 10.2 Å². The zero-order valence-corrected chi connectivity index (χ0v) is 21.9. The van der Waals surface area contributed by atoms with Gasteiger partial charge in [0, 0.05) is 24.3 Å². The van der Waals surface area contributed by atoms with Crippen molar-refractivity contribution in [2.45, 2.75) is 70.5 Å². The first kappa shape index (κ1) is 29.1. The summed E-state index contributed by atoms with van der Waals surface area (Å²) in [6.07, 6.45) is -2.94. The van der Waals surface area contributed by atoms with Crippen molar-refractivity contribution in [3.63, 3.8) is 0 Å². The van der Waals surface area contributed by atoms with Gasteiger partial charge in [-0.25, -0.2) is 4.98 Å². The summed E-state index contributed by atoms with van der Waals surface area (Å²) >= 11 is 0. The highest BCUT2D eigenvalue weighted by Gasteiger charge is 2.37. The van der Waals surface area contributed by atoms with Crippen molar-refractivity contribution in [1.82, 2.24) is 25.2 Å². The number of tetrazole rings is 1. The normalized spacial score (nSPS) is 15.2. The van der Waals surface area contributed by atoms with E-state index in [1.54, 1.807) is 6.07 Å². The Morgan fingerprint density at radius 3 is 2.25 bits per heavy atom. The molecule has 8 nitrogen and oxygen atoms in total. The number of hydrogen-bond donors (Lipinski definition) is 1. The Hall–Kier alpha value is -3.89. The summed E-state index contributed by atoms with van der Waals surface area (Å²) < 4.78 is 80.9. The molecule has 2 aromatic heterocycles. The van der Waals surface area contributed by atoms with Crippen LogP contribution in [-0.2, 0) is 32.5 Å². The second-order valence-corrected chi connectivity index (χ2v) is 10.1. The first-order valence-electron chi connectivity index (χ1n) is 12.7. The number of nitrogens with zero attached hydrogens (tertiary/aromatic N) is 7. The Bertz CT molecular complexity index is 1320. The van der Waals surface area contributed by atoms with Gasteiger partial charge in [0.05, 0.1) is 30.3 Å². The van der Waals surface area contributed by atoms with Crippen LogP contribution in [0.5, 0.6) is 0 Å². The van der Waals surface area contributed by atoms with Crippen LogP contribution in [0.3, 0.4) is 0 Å². The molecule has 0 amide bonds. The van der Waals surface area contributed by atoms with Crippen LogP contribution in [0.2, 0.25) is 0 Å². The molecule has 1 unspecified atom stereocenters. The van der Waals surface area contributed by atoms with Crippen LogP contribution in [-0.4, -0.2) is 31.2 Å². The van der Waals surface area contributed by atoms with Gasteiger partial charge in [0.25, 0.3) is 5.95 Å². The summed E-state index contributed by atoms with van der Waals surface area (Å²) in [5, 5.41) is 24.6. The Morgan fingerprint density at radius 1 is 1.05 bits per heavy atom. The molecule has 1 aliphatic carbocycles. The van der Waals surface area contributed by atoms with Crippen molar-refractivity contribution in [3.05, 3.63) is 58.3 Å². The molecule has 1 atom stereocenters. The molecule has 3 aromatic rings. The van der Waals surface area contributed by atoms with Gasteiger partial charge in [-0.3, -0.25) is 0 Å². The molecule has 0 spiro atoms. The van der Waals surface area contributed by atoms with E-state index in [1.165, 1.54) is 31.0 Å². The highest BCUT2D eigenvalue weighted by molar-refractivity contribution is 5.50. The number of nitrogens with one attached hydrogen (secondary N) is 1. The van der Waals surface area contributed by atoms with Gasteiger partial charge in [-0.2, -0.15) is 36.4 Å². The monoisotopic (exact) mass is 566 g/mol. The Balaban J connectivity index is 1.68. The van der Waals surface area contributed by atoms with Gasteiger partial charge in [0.2, 0.25) is 0 Å². The molecule has 1 N–H and O–H groups in total. The van der Waals surface area contributed by atoms with Crippen molar-refractivity contribution in [2.24, 2.45) is 13.0 Å². The van der Waals surface area contributed by atoms with Crippen molar-refractivity contribution in [3.8, 4) is 6.07 Å². The van der Waals surface area contributed by atoms with Gasteiger partial charge in [-0.05, 0) is 54.3 Å². The standard InChI is InChI=1S/C26H28F6N8/c1-16(7-17-5-3-4-6-17)35-23-20(8-19(12-33)13-34-23)15-40(24-36-38-39(2)37-24)14-18-9-21(25(27,28)29)11-22(10-18)26(30,31)32/h8-11,13,16-17H,3-7,14-15H2,1-2H3,(H,34,35). The first-order chi connectivity index (χ1) is 18.8. The van der Waals surface area contributed by atoms with E-state index in [1.807, 2.05) is 13.0 Å². The van der Waals surface area contributed by atoms with Crippen LogP contribution in [0.1, 0.15) is 66.8 Å². The predicted molar refractivity (Wildman–Crippen MR) is 134 cm³/mol. The summed E-state index contributed by atoms with van der Waals surface area (Å²) in [6.45, 7) is 1.56. The number of hydrogen-bond acceptors (Lipinski definition) is 7. The maximum absolute atomic E-state index is 13.5. The number of rotatable bonds is 9. The van der Waals surface area contributed by atoms with Crippen molar-refractivity contribution < 1.29 is 26.3 Å². The molecule has 1 saturated carbocycles. The number of anilines is 2. The second kappa shape index (κ2) is 11.7. The molecular formula is C26H28F6N8. The number of benzene rings is 1. The molecule has 0 radical (unpaired) electrons. The van der Waals surface area contributed by atoms with Crippen LogP contribution in [0, 0.1) is 17.2 Å². The molecule has 0 bridgehead atoms. The Kier molecular flexibility index (Phi) is 8.51. The van der Waals surface area contributed by atoms with Gasteiger partial charge in [-0.1, -0.05) is 30.8 Å². The fourth-order valence-corrected chi connectivity index (χ4v) is 4.99. The maximum atomic E-state index is 13.5. The van der Waals surface area contributed by atoms with Gasteiger partial charge in [0.1, 0.15) is 11.9 Å². The largest absolute Gasteiger partial charge is 0.416 e. The fraction of sp³-hybridized carbons (Fsp3) is 0.500. The van der Waals surface area contributed by atoms with Gasteiger partial charge >= 0.3 is 12.4 Å². The summed E-state index contributed by atoms with van der Waals surface area (Å²) in [5.74, 6) is 1.03. The lowest BCUT2D eigenvalue weighted by molar-refractivity contribution is -0.143. The summed E-state index contributed by atoms with van der Waals surface area (Å²) in [7, 11) is 1.48. The minimum Gasteiger partial charge on any atom is -0.367 e.